The number of aromatic amines is 1. The lowest BCUT2D eigenvalue weighted by Crippen LogP contribution is -2.09. The highest BCUT2D eigenvalue weighted by Crippen LogP contribution is 2.37. The van der Waals surface area contributed by atoms with Crippen molar-refractivity contribution in [2.24, 2.45) is 5.92 Å². The Balaban J connectivity index is 1.89. The summed E-state index contributed by atoms with van der Waals surface area (Å²) in [5, 5.41) is 9.68. The van der Waals surface area contributed by atoms with Crippen molar-refractivity contribution in [2.75, 3.05) is 0 Å². The maximum atomic E-state index is 10.9. The predicted molar refractivity (Wildman–Crippen MR) is 68.8 cm³/mol. The summed E-state index contributed by atoms with van der Waals surface area (Å²) < 4.78 is 0. The fraction of sp³-hybridized carbons (Fsp3) is 0.385. The molecule has 0 saturated heterocycles. The van der Waals surface area contributed by atoms with Gasteiger partial charge in [0.15, 0.2) is 0 Å². The third-order valence-corrected chi connectivity index (χ3v) is 3.87. The molecule has 1 fully saturated rings. The number of halogens is 1. The van der Waals surface area contributed by atoms with Gasteiger partial charge in [0.05, 0.1) is 17.0 Å². The summed E-state index contributed by atoms with van der Waals surface area (Å²) in [4.78, 5) is 18.7. The highest BCUT2D eigenvalue weighted by atomic mass is 35.5. The van der Waals surface area contributed by atoms with Gasteiger partial charge in [0, 0.05) is 10.9 Å². The van der Waals surface area contributed by atoms with Crippen molar-refractivity contribution >= 4 is 28.6 Å². The van der Waals surface area contributed by atoms with Crippen LogP contribution in [0.1, 0.15) is 31.0 Å². The Labute approximate surface area is 109 Å². The molecule has 1 saturated carbocycles. The second-order valence-corrected chi connectivity index (χ2v) is 5.27. The van der Waals surface area contributed by atoms with E-state index >= 15 is 0 Å². The molecule has 4 nitrogen and oxygen atoms in total. The Bertz CT molecular complexity index is 608. The van der Waals surface area contributed by atoms with Crippen molar-refractivity contribution in [1.29, 1.82) is 0 Å². The topological polar surface area (TPSA) is 66.0 Å². The van der Waals surface area contributed by atoms with Crippen LogP contribution in [0.25, 0.3) is 11.0 Å². The number of imidazole rings is 1. The maximum absolute atomic E-state index is 10.9. The Morgan fingerprint density at radius 3 is 3.00 bits per heavy atom. The van der Waals surface area contributed by atoms with Crippen molar-refractivity contribution in [2.45, 2.75) is 25.2 Å². The number of fused-ring (bicyclic) bond motifs is 1. The average Bonchev–Trinajstić information content (AvgIpc) is 2.93. The Kier molecular flexibility index (Phi) is 2.74. The summed E-state index contributed by atoms with van der Waals surface area (Å²) in [7, 11) is 0. The van der Waals surface area contributed by atoms with Crippen LogP contribution in [0.15, 0.2) is 18.2 Å². The van der Waals surface area contributed by atoms with E-state index < -0.39 is 5.97 Å². The molecule has 0 bridgehead atoms. The van der Waals surface area contributed by atoms with Crippen LogP contribution in [0.5, 0.6) is 0 Å². The molecule has 0 spiro atoms. The summed E-state index contributed by atoms with van der Waals surface area (Å²) in [6.07, 6.45) is 2.28. The van der Waals surface area contributed by atoms with Crippen molar-refractivity contribution in [3.63, 3.8) is 0 Å². The molecular weight excluding hydrogens is 252 g/mol. The molecule has 1 aliphatic rings. The first kappa shape index (κ1) is 11.5. The quantitative estimate of drug-likeness (QED) is 0.875. The van der Waals surface area contributed by atoms with Crippen LogP contribution in [0.4, 0.5) is 0 Å². The SMILES string of the molecule is O=C(O)C1CCC(c2nc3ccc(Cl)cc3[nH]2)C1. The molecule has 0 amide bonds. The van der Waals surface area contributed by atoms with E-state index in [4.69, 9.17) is 16.7 Å². The molecule has 2 aromatic rings. The molecule has 0 aliphatic heterocycles. The number of nitrogens with one attached hydrogen (secondary N) is 1. The van der Waals surface area contributed by atoms with Gasteiger partial charge in [-0.05, 0) is 37.5 Å². The second-order valence-electron chi connectivity index (χ2n) is 4.83. The van der Waals surface area contributed by atoms with Crippen LogP contribution in [-0.4, -0.2) is 21.0 Å². The highest BCUT2D eigenvalue weighted by Gasteiger charge is 2.32. The van der Waals surface area contributed by atoms with Crippen LogP contribution in [0.3, 0.4) is 0 Å². The predicted octanol–water partition coefficient (Wildman–Crippen LogP) is 3.18. The van der Waals surface area contributed by atoms with Crippen molar-refractivity contribution in [3.8, 4) is 0 Å². The zero-order valence-corrected chi connectivity index (χ0v) is 10.4. The first-order valence-electron chi connectivity index (χ1n) is 6.01. The van der Waals surface area contributed by atoms with Crippen LogP contribution in [0, 0.1) is 5.92 Å². The number of nitrogens with zero attached hydrogens (tertiary/aromatic N) is 1. The van der Waals surface area contributed by atoms with Gasteiger partial charge in [-0.15, -0.1) is 0 Å². The summed E-state index contributed by atoms with van der Waals surface area (Å²) >= 11 is 5.93. The standard InChI is InChI=1S/C13H13ClN2O2/c14-9-3-4-10-11(6-9)16-12(15-10)7-1-2-8(5-7)13(17)18/h3-4,6-8H,1-2,5H2,(H,15,16)(H,17,18). The van der Waals surface area contributed by atoms with E-state index in [0.717, 1.165) is 29.7 Å². The van der Waals surface area contributed by atoms with E-state index in [1.54, 1.807) is 0 Å². The van der Waals surface area contributed by atoms with Gasteiger partial charge in [-0.2, -0.15) is 0 Å². The molecule has 3 rings (SSSR count). The molecule has 2 atom stereocenters. The van der Waals surface area contributed by atoms with Gasteiger partial charge in [-0.3, -0.25) is 4.79 Å². The summed E-state index contributed by atoms with van der Waals surface area (Å²) in [6, 6.07) is 5.53. The molecule has 5 heteroatoms. The number of aromatic nitrogens is 2. The van der Waals surface area contributed by atoms with Crippen LogP contribution in [0.2, 0.25) is 5.02 Å². The van der Waals surface area contributed by atoms with Gasteiger partial charge in [0.1, 0.15) is 5.82 Å². The van der Waals surface area contributed by atoms with E-state index in [0.29, 0.717) is 11.4 Å². The third-order valence-electron chi connectivity index (χ3n) is 3.63. The van der Waals surface area contributed by atoms with Gasteiger partial charge in [0.2, 0.25) is 0 Å². The Morgan fingerprint density at radius 1 is 1.44 bits per heavy atom. The molecular formula is C13H13ClN2O2. The van der Waals surface area contributed by atoms with E-state index in [-0.39, 0.29) is 11.8 Å². The van der Waals surface area contributed by atoms with Gasteiger partial charge in [0.25, 0.3) is 0 Å². The zero-order chi connectivity index (χ0) is 12.7. The fourth-order valence-electron chi connectivity index (χ4n) is 2.65. The van der Waals surface area contributed by atoms with Crippen molar-refractivity contribution in [1.82, 2.24) is 9.97 Å². The molecule has 1 heterocycles. The normalized spacial score (nSPS) is 23.6. The number of hydrogen-bond acceptors (Lipinski definition) is 2. The number of carbonyl (C=O) groups is 1. The fourth-order valence-corrected chi connectivity index (χ4v) is 2.82. The minimum absolute atomic E-state index is 0.220. The number of hydrogen-bond donors (Lipinski definition) is 2. The number of aliphatic carboxylic acids is 1. The molecule has 1 aliphatic carbocycles. The minimum atomic E-state index is -0.698. The maximum Gasteiger partial charge on any atom is 0.306 e. The van der Waals surface area contributed by atoms with E-state index in [1.165, 1.54) is 0 Å². The smallest absolute Gasteiger partial charge is 0.306 e. The largest absolute Gasteiger partial charge is 0.481 e. The third kappa shape index (κ3) is 1.97. The molecule has 94 valence electrons. The van der Waals surface area contributed by atoms with Gasteiger partial charge < -0.3 is 10.1 Å². The molecule has 18 heavy (non-hydrogen) atoms. The van der Waals surface area contributed by atoms with Crippen LogP contribution in [-0.2, 0) is 4.79 Å². The minimum Gasteiger partial charge on any atom is -0.481 e. The molecule has 2 unspecified atom stereocenters. The van der Waals surface area contributed by atoms with E-state index in [1.807, 2.05) is 18.2 Å². The number of H-pyrrole nitrogens is 1. The van der Waals surface area contributed by atoms with Crippen LogP contribution < -0.4 is 0 Å². The van der Waals surface area contributed by atoms with E-state index in [9.17, 15) is 4.79 Å². The number of rotatable bonds is 2. The first-order valence-corrected chi connectivity index (χ1v) is 6.39. The van der Waals surface area contributed by atoms with Gasteiger partial charge in [-0.1, -0.05) is 11.6 Å². The monoisotopic (exact) mass is 264 g/mol. The van der Waals surface area contributed by atoms with Gasteiger partial charge in [-0.25, -0.2) is 4.98 Å². The summed E-state index contributed by atoms with van der Waals surface area (Å²) in [5.74, 6) is 0.178. The second kappa shape index (κ2) is 4.28. The molecule has 1 aromatic heterocycles. The Hall–Kier alpha value is -1.55. The zero-order valence-electron chi connectivity index (χ0n) is 9.69. The lowest BCUT2D eigenvalue weighted by atomic mass is 10.0. The number of benzene rings is 1. The molecule has 0 radical (unpaired) electrons. The van der Waals surface area contributed by atoms with Crippen molar-refractivity contribution in [3.05, 3.63) is 29.0 Å². The summed E-state index contributed by atoms with van der Waals surface area (Å²) in [5.41, 5.74) is 1.80. The summed E-state index contributed by atoms with van der Waals surface area (Å²) in [6.45, 7) is 0. The average molecular weight is 265 g/mol. The highest BCUT2D eigenvalue weighted by molar-refractivity contribution is 6.31. The van der Waals surface area contributed by atoms with E-state index in [2.05, 4.69) is 9.97 Å². The number of carboxylic acid groups (broad SMARTS) is 1. The number of carboxylic acids is 1. The lowest BCUT2D eigenvalue weighted by Gasteiger charge is -2.04. The Morgan fingerprint density at radius 2 is 2.28 bits per heavy atom. The van der Waals surface area contributed by atoms with Crippen LogP contribution >= 0.6 is 11.6 Å². The van der Waals surface area contributed by atoms with Gasteiger partial charge >= 0.3 is 5.97 Å². The first-order chi connectivity index (χ1) is 8.63. The van der Waals surface area contributed by atoms with Crippen molar-refractivity contribution < 1.29 is 9.90 Å². The molecule has 1 aromatic carbocycles. The molecule has 2 N–H and O–H groups in total. The lowest BCUT2D eigenvalue weighted by molar-refractivity contribution is -0.141.